The van der Waals surface area contributed by atoms with Crippen LogP contribution in [0.25, 0.3) is 0 Å². The Hall–Kier alpha value is -6.44. The van der Waals surface area contributed by atoms with Crippen LogP contribution in [0.4, 0.5) is 40.2 Å². The number of carbonyl (C=O) groups excluding carboxylic acids is 4. The minimum Gasteiger partial charge on any atom is -0.478 e. The van der Waals surface area contributed by atoms with E-state index in [1.807, 2.05) is 65.6 Å². The molecule has 3 fully saturated rings. The molecule has 27 heteroatoms. The van der Waals surface area contributed by atoms with Crippen molar-refractivity contribution in [3.8, 4) is 0 Å². The van der Waals surface area contributed by atoms with Gasteiger partial charge in [0.15, 0.2) is 0 Å². The third-order valence-corrected chi connectivity index (χ3v) is 14.0. The maximum absolute atomic E-state index is 12.9. The number of pyridine rings is 3. The smallest absolute Gasteiger partial charge is 0.478 e. The molecule has 0 saturated carbocycles. The number of anilines is 3. The molecule has 6 aliphatic heterocycles. The molecule has 4 amide bonds. The summed E-state index contributed by atoms with van der Waals surface area (Å²) in [4.78, 5) is 88.8. The topological polar surface area (TPSA) is 273 Å². The summed E-state index contributed by atoms with van der Waals surface area (Å²) in [6.07, 6.45) is 4.41. The molecule has 0 spiro atoms. The van der Waals surface area contributed by atoms with Crippen LogP contribution in [0.15, 0.2) is 36.8 Å². The Morgan fingerprint density at radius 2 is 0.988 bits per heavy atom. The van der Waals surface area contributed by atoms with Crippen molar-refractivity contribution in [1.82, 2.24) is 45.2 Å². The monoisotopic (exact) mass is 1230 g/mol. The number of amides is 4. The van der Waals surface area contributed by atoms with Crippen LogP contribution in [0.3, 0.4) is 0 Å². The zero-order valence-corrected chi connectivity index (χ0v) is 52.6. The van der Waals surface area contributed by atoms with Crippen LogP contribution < -0.4 is 26.6 Å². The summed E-state index contributed by atoms with van der Waals surface area (Å²) in [6.45, 7) is 28.4. The van der Waals surface area contributed by atoms with Gasteiger partial charge in [-0.2, -0.15) is 13.2 Å². The van der Waals surface area contributed by atoms with Gasteiger partial charge in [0, 0.05) is 94.1 Å². The number of nitrogens with zero attached hydrogens (tertiary/aromatic N) is 7. The van der Waals surface area contributed by atoms with Crippen LogP contribution in [0, 0.1) is 0 Å². The van der Waals surface area contributed by atoms with Gasteiger partial charge in [-0.3, -0.25) is 9.59 Å². The second-order valence-electron chi connectivity index (χ2n) is 25.4. The van der Waals surface area contributed by atoms with Crippen LogP contribution in [0.2, 0.25) is 0 Å². The Balaban J connectivity index is 0.000000289. The van der Waals surface area contributed by atoms with E-state index < -0.39 is 29.3 Å². The normalized spacial score (nSPS) is 19.8. The molecule has 6 aliphatic rings. The Bertz CT molecular complexity index is 2810. The van der Waals surface area contributed by atoms with Crippen molar-refractivity contribution >= 4 is 78.2 Å². The second kappa shape index (κ2) is 28.6. The number of carboxylic acids is 2. The summed E-state index contributed by atoms with van der Waals surface area (Å²) in [5.41, 5.74) is 3.80. The average Bonchev–Trinajstić information content (AvgIpc) is 4.04. The number of hydrogen-bond acceptors (Lipinski definition) is 16. The summed E-state index contributed by atoms with van der Waals surface area (Å²) in [7, 11) is 5.48. The molecule has 0 bridgehead atoms. The fraction of sp³-hybridized carbons (Fsp3) is 0.632. The number of halogens is 5. The molecule has 470 valence electrons. The summed E-state index contributed by atoms with van der Waals surface area (Å²) in [5.74, 6) is -1.03. The Labute approximate surface area is 503 Å². The zero-order valence-electron chi connectivity index (χ0n) is 50.9. The van der Waals surface area contributed by atoms with E-state index in [0.717, 1.165) is 98.8 Å². The van der Waals surface area contributed by atoms with Gasteiger partial charge in [0.05, 0.1) is 22.7 Å². The van der Waals surface area contributed by atoms with Crippen LogP contribution in [0.5, 0.6) is 0 Å². The molecular weight excluding hydrogens is 1140 g/mol. The van der Waals surface area contributed by atoms with Gasteiger partial charge in [-0.05, 0) is 170 Å². The zero-order chi connectivity index (χ0) is 61.5. The highest BCUT2D eigenvalue weighted by Gasteiger charge is 2.39. The minimum atomic E-state index is -5.08. The molecule has 3 saturated heterocycles. The average molecular weight is 1230 g/mol. The van der Waals surface area contributed by atoms with Gasteiger partial charge in [0.2, 0.25) is 0 Å². The molecule has 3 aromatic heterocycles. The SMILES string of the molecule is CC1(C)Cc2cc(C(=O)O)cnc2N1.CN(C(=O)OC(C)(C)C)[C@H]1CCN(C(=O)c2cnc3c(c2)CC(C)(C)N3)C1.CN(C(=O)OC(C)(C)C)[C@H]1CCNC1.CN[C@H]1CCN(C(=O)c2cnc3c(c2)CC(C)(C)N3)C1.Cl.Cl.O=C(O)C(F)(F)F. The number of aromatic nitrogens is 3. The number of alkyl halides is 3. The van der Waals surface area contributed by atoms with Gasteiger partial charge in [0.25, 0.3) is 11.8 Å². The summed E-state index contributed by atoms with van der Waals surface area (Å²) < 4.78 is 42.4. The molecule has 0 unspecified atom stereocenters. The third kappa shape index (κ3) is 21.0. The Morgan fingerprint density at radius 1 is 0.619 bits per heavy atom. The predicted octanol–water partition coefficient (Wildman–Crippen LogP) is 8.39. The summed E-state index contributed by atoms with van der Waals surface area (Å²) in [6, 6.07) is 6.29. The number of nitrogens with one attached hydrogen (secondary N) is 5. The van der Waals surface area contributed by atoms with E-state index in [9.17, 15) is 37.1 Å². The van der Waals surface area contributed by atoms with Crippen LogP contribution in [0.1, 0.15) is 150 Å². The summed E-state index contributed by atoms with van der Waals surface area (Å²) in [5, 5.41) is 32.3. The Morgan fingerprint density at radius 3 is 1.33 bits per heavy atom. The van der Waals surface area contributed by atoms with E-state index in [2.05, 4.69) is 83.1 Å². The fourth-order valence-corrected chi connectivity index (χ4v) is 9.87. The molecular formula is C57H87Cl2F3N12O10. The molecule has 3 atom stereocenters. The van der Waals surface area contributed by atoms with Crippen molar-refractivity contribution in [3.05, 3.63) is 70.2 Å². The van der Waals surface area contributed by atoms with Crippen molar-refractivity contribution in [2.24, 2.45) is 0 Å². The van der Waals surface area contributed by atoms with Crippen LogP contribution >= 0.6 is 24.8 Å². The number of hydrogen-bond donors (Lipinski definition) is 7. The first-order valence-corrected chi connectivity index (χ1v) is 27.5. The van der Waals surface area contributed by atoms with Gasteiger partial charge in [-0.1, -0.05) is 0 Å². The van der Waals surface area contributed by atoms with Gasteiger partial charge in [-0.15, -0.1) is 24.8 Å². The first kappa shape index (κ1) is 71.8. The van der Waals surface area contributed by atoms with Crippen molar-refractivity contribution in [3.63, 3.8) is 0 Å². The van der Waals surface area contributed by atoms with Gasteiger partial charge < -0.3 is 65.9 Å². The quantitative estimate of drug-likeness (QED) is 0.122. The molecule has 0 aromatic carbocycles. The van der Waals surface area contributed by atoms with Crippen LogP contribution in [-0.2, 0) is 33.5 Å². The predicted molar refractivity (Wildman–Crippen MR) is 319 cm³/mol. The lowest BCUT2D eigenvalue weighted by molar-refractivity contribution is -0.192. The molecule has 7 N–H and O–H groups in total. The second-order valence-corrected chi connectivity index (χ2v) is 25.4. The minimum absolute atomic E-state index is 0. The van der Waals surface area contributed by atoms with E-state index in [4.69, 9.17) is 24.5 Å². The number of ether oxygens (including phenoxy) is 2. The van der Waals surface area contributed by atoms with E-state index in [0.29, 0.717) is 30.3 Å². The van der Waals surface area contributed by atoms with Crippen molar-refractivity contribution < 1.29 is 61.6 Å². The van der Waals surface area contributed by atoms with E-state index in [1.54, 1.807) is 47.3 Å². The largest absolute Gasteiger partial charge is 0.490 e. The number of aliphatic carboxylic acids is 1. The highest BCUT2D eigenvalue weighted by Crippen LogP contribution is 2.34. The molecule has 3 aromatic rings. The number of aromatic carboxylic acids is 1. The van der Waals surface area contributed by atoms with Gasteiger partial charge in [-0.25, -0.2) is 34.1 Å². The lowest BCUT2D eigenvalue weighted by Crippen LogP contribution is -2.42. The number of likely N-dealkylation sites (tertiary alicyclic amines) is 2. The van der Waals surface area contributed by atoms with E-state index in [-0.39, 0.29) is 83.1 Å². The first-order chi connectivity index (χ1) is 37.8. The highest BCUT2D eigenvalue weighted by atomic mass is 35.5. The van der Waals surface area contributed by atoms with Crippen LogP contribution in [-0.4, -0.2) is 193 Å². The van der Waals surface area contributed by atoms with Crippen molar-refractivity contribution in [2.45, 2.75) is 174 Å². The number of likely N-dealkylation sites (N-methyl/N-ethyl adjacent to an activating group) is 3. The maximum Gasteiger partial charge on any atom is 0.490 e. The summed E-state index contributed by atoms with van der Waals surface area (Å²) >= 11 is 0. The van der Waals surface area contributed by atoms with Crippen molar-refractivity contribution in [1.29, 1.82) is 0 Å². The highest BCUT2D eigenvalue weighted by molar-refractivity contribution is 5.95. The maximum atomic E-state index is 12.9. The molecule has 9 heterocycles. The van der Waals surface area contributed by atoms with E-state index >= 15 is 0 Å². The molecule has 9 rings (SSSR count). The lowest BCUT2D eigenvalue weighted by atomic mass is 10.00. The van der Waals surface area contributed by atoms with Crippen molar-refractivity contribution in [2.75, 3.05) is 76.4 Å². The number of fused-ring (bicyclic) bond motifs is 3. The van der Waals surface area contributed by atoms with Gasteiger partial charge >= 0.3 is 30.3 Å². The first-order valence-electron chi connectivity index (χ1n) is 27.5. The molecule has 0 aliphatic carbocycles. The standard InChI is InChI=1S/C20H30N4O3.C15H22N4O.C10H12N2O2.C10H20N2O2.C2HF3O2.2ClH/c1-19(2,3)27-18(26)23(6)15-7-8-24(12-15)17(25)14-9-13-10-20(4,5)22-16(13)21-11-14;1-15(2)7-10-6-11(8-17-13(10)18-15)14(20)19-5-4-12(9-19)16-3;1-10(2)4-6-3-7(9(13)14)5-11-8(6)12-10;1-10(2,3)14-9(13)12(4)8-5-6-11-7-8;3-2(4,5)1(6)7;;/h9,11,15H,7-8,10,12H2,1-6H3,(H,21,22);6,8,12,16H,4-5,7,9H2,1-3H3,(H,17,18);3,5H,4H2,1-2H3,(H,11,12)(H,13,14);8,11H,5-7H2,1-4H3;(H,6,7);2*1H/t15-;12-;;8-;;;/m00.0.../s1. The molecule has 0 radical (unpaired) electrons. The van der Waals surface area contributed by atoms with E-state index in [1.165, 1.54) is 6.20 Å². The fourth-order valence-electron chi connectivity index (χ4n) is 9.87. The number of rotatable bonds is 6. The lowest BCUT2D eigenvalue weighted by Gasteiger charge is -2.28. The third-order valence-electron chi connectivity index (χ3n) is 14.0. The van der Waals surface area contributed by atoms with Gasteiger partial charge in [0.1, 0.15) is 28.7 Å². The molecule has 22 nitrogen and oxygen atoms in total. The Kier molecular flexibility index (Phi) is 24.5. The number of carboxylic acid groups (broad SMARTS) is 2. The molecule has 84 heavy (non-hydrogen) atoms. The number of carbonyl (C=O) groups is 6.